The van der Waals surface area contributed by atoms with Crippen LogP contribution in [0, 0.1) is 47.3 Å². The molecule has 2 unspecified atom stereocenters. The number of thiophene rings is 2. The smallest absolute Gasteiger partial charge is 0.310 e. The van der Waals surface area contributed by atoms with E-state index in [2.05, 4.69) is 78.2 Å². The van der Waals surface area contributed by atoms with E-state index in [9.17, 15) is 39.0 Å². The average Bonchev–Trinajstić information content (AvgIpc) is 1.34. The lowest BCUT2D eigenvalue weighted by Gasteiger charge is -2.41. The molecule has 4 aliphatic carbocycles. The van der Waals surface area contributed by atoms with E-state index in [4.69, 9.17) is 34.9 Å². The zero-order valence-corrected chi connectivity index (χ0v) is 72.1. The first kappa shape index (κ1) is 91.0. The number of nitrogens with zero attached hydrogens (tertiary/aromatic N) is 7. The number of aliphatic hydroxyl groups is 2. The van der Waals surface area contributed by atoms with Crippen LogP contribution in [-0.4, -0.2) is 191 Å². The van der Waals surface area contributed by atoms with Gasteiger partial charge < -0.3 is 60.2 Å². The van der Waals surface area contributed by atoms with E-state index in [0.717, 1.165) is 131 Å². The summed E-state index contributed by atoms with van der Waals surface area (Å²) in [6, 6.07) is 21.4. The molecular weight excluding hydrogens is 1490 g/mol. The van der Waals surface area contributed by atoms with Crippen molar-refractivity contribution in [3.05, 3.63) is 151 Å². The summed E-state index contributed by atoms with van der Waals surface area (Å²) >= 11 is 2.84. The highest BCUT2D eigenvalue weighted by atomic mass is 32.1. The molecule has 4 amide bonds. The molecule has 115 heavy (non-hydrogen) atoms. The van der Waals surface area contributed by atoms with Crippen LogP contribution < -0.4 is 20.6 Å². The minimum atomic E-state index is -1.16. The van der Waals surface area contributed by atoms with Gasteiger partial charge in [0.2, 0.25) is 11.8 Å². The van der Waals surface area contributed by atoms with Crippen molar-refractivity contribution >= 4 is 69.4 Å². The summed E-state index contributed by atoms with van der Waals surface area (Å²) in [5.74, 6) is 2.04. The first-order chi connectivity index (χ1) is 55.0. The Bertz CT molecular complexity index is 3850. The van der Waals surface area contributed by atoms with Gasteiger partial charge in [-0.2, -0.15) is 0 Å². The molecule has 21 nitrogen and oxygen atoms in total. The fourth-order valence-corrected chi connectivity index (χ4v) is 18.1. The number of nitrogens with one attached hydrogen (secondary N) is 3. The van der Waals surface area contributed by atoms with Crippen molar-refractivity contribution in [1.29, 1.82) is 0 Å². The van der Waals surface area contributed by atoms with Gasteiger partial charge in [-0.1, -0.05) is 155 Å². The number of likely N-dealkylation sites (N-methyl/N-ethyl adjacent to an activating group) is 2. The molecule has 6 N–H and O–H groups in total. The van der Waals surface area contributed by atoms with Gasteiger partial charge in [-0.25, -0.2) is 19.9 Å². The number of carbonyl (C=O) groups is 6. The lowest BCUT2D eigenvalue weighted by Crippen LogP contribution is -3.06. The molecule has 2 saturated carbocycles. The van der Waals surface area contributed by atoms with Crippen molar-refractivity contribution in [3.8, 4) is 22.8 Å². The first-order valence-electron chi connectivity index (χ1n) is 42.3. The SMILES string of the molecule is C1CCOC1.CCC1CCC(C2CC=C(c3cnc(-c4ccc(C[C@H](NC(=O)c5ccc(C(C)(C)C)s5)C(=O)N5CC(C(=O)O)C5)cc4)nc3)CC2)CC1.CCC1CCC(C2CC=C(c3cnc(-c4ccc(C[C@H](NC(=O)c5ccc(C(C)(C)C)s5)C(=O)N5CC(C(=O)[O-])C5)cc4)nc3)CC2)CC1.CN(C)CCO.C[NH+](C)CCO. The zero-order chi connectivity index (χ0) is 82.9. The number of hydrogen-bond donors (Lipinski definition) is 6. The Morgan fingerprint density at radius 2 is 0.939 bits per heavy atom. The second-order valence-electron chi connectivity index (χ2n) is 35.2. The minimum Gasteiger partial charge on any atom is -0.550 e. The molecule has 7 aliphatic rings. The summed E-state index contributed by atoms with van der Waals surface area (Å²) in [6.07, 6.45) is 36.5. The molecule has 3 aliphatic heterocycles. The number of ether oxygens (including phenoxy) is 1. The summed E-state index contributed by atoms with van der Waals surface area (Å²) in [6.45, 7) is 21.9. The molecule has 4 atom stereocenters. The Hall–Kier alpha value is -7.90. The zero-order valence-electron chi connectivity index (χ0n) is 70.4. The van der Waals surface area contributed by atoms with Gasteiger partial charge in [0.1, 0.15) is 18.6 Å². The Morgan fingerprint density at radius 1 is 0.548 bits per heavy atom. The van der Waals surface area contributed by atoms with Crippen molar-refractivity contribution in [2.45, 2.75) is 207 Å². The van der Waals surface area contributed by atoms with Crippen LogP contribution >= 0.6 is 22.7 Å². The highest BCUT2D eigenvalue weighted by molar-refractivity contribution is 7.14. The number of carboxylic acids is 2. The van der Waals surface area contributed by atoms with Gasteiger partial charge in [0.25, 0.3) is 11.8 Å². The van der Waals surface area contributed by atoms with E-state index < -0.39 is 35.9 Å². The number of benzene rings is 2. The highest BCUT2D eigenvalue weighted by Gasteiger charge is 2.40. The Balaban J connectivity index is 0.000000218. The summed E-state index contributed by atoms with van der Waals surface area (Å²) in [5, 5.41) is 42.9. The van der Waals surface area contributed by atoms with Gasteiger partial charge in [0, 0.05) is 127 Å². The van der Waals surface area contributed by atoms with Crippen LogP contribution in [0.2, 0.25) is 0 Å². The van der Waals surface area contributed by atoms with E-state index in [0.29, 0.717) is 28.0 Å². The molecule has 3 saturated heterocycles. The van der Waals surface area contributed by atoms with E-state index in [1.54, 1.807) is 12.1 Å². The Morgan fingerprint density at radius 3 is 1.21 bits per heavy atom. The topological polar surface area (TPSA) is 285 Å². The summed E-state index contributed by atoms with van der Waals surface area (Å²) in [5.41, 5.74) is 8.21. The second kappa shape index (κ2) is 44.1. The maximum atomic E-state index is 13.5. The molecule has 626 valence electrons. The third-order valence-corrected chi connectivity index (χ3v) is 26.9. The highest BCUT2D eigenvalue weighted by Crippen LogP contribution is 2.44. The standard InChI is InChI=1S/2C40H50N4O4S.2C4H11NO.C4H8O/c2*1-5-25-6-10-27(11-7-25)28-14-16-29(17-15-28)31-21-41-36(42-22-31)30-12-8-26(9-13-30)20-33(38(46)44-23-32(24-44)39(47)48)43-37(45)34-18-19-35(49-34)40(2,3)4;2*1-5(2)3-4-6;1-2-4-5-3-1/h2*8-9,12-13,16,18-19,21-22,25,27-28,32-33H,5-7,10-11,14-15,17,20,23-24H2,1-4H3,(H,43,45)(H,47,48);2*6H,3-4H2,1-2H3;1-4H2/t2*25?,27?,28?,33-;;;/m00.../s1. The molecule has 0 bridgehead atoms. The van der Waals surface area contributed by atoms with Gasteiger partial charge in [-0.15, -0.1) is 22.7 Å². The molecule has 0 spiro atoms. The first-order valence-corrected chi connectivity index (χ1v) is 43.9. The van der Waals surface area contributed by atoms with Crippen molar-refractivity contribution in [1.82, 2.24) is 45.3 Å². The molecule has 7 heterocycles. The van der Waals surface area contributed by atoms with E-state index in [-0.39, 0.29) is 80.1 Å². The van der Waals surface area contributed by atoms with Crippen LogP contribution in [0.1, 0.15) is 222 Å². The monoisotopic (exact) mass is 1610 g/mol. The largest absolute Gasteiger partial charge is 0.550 e. The minimum absolute atomic E-state index is 0.0859. The van der Waals surface area contributed by atoms with Crippen LogP contribution in [0.15, 0.2) is 110 Å². The van der Waals surface area contributed by atoms with Crippen molar-refractivity contribution in [2.24, 2.45) is 47.3 Å². The van der Waals surface area contributed by atoms with Crippen LogP contribution in [0.3, 0.4) is 0 Å². The number of allylic oxidation sites excluding steroid dienone is 4. The number of carboxylic acid groups (broad SMARTS) is 2. The molecule has 6 aromatic rings. The predicted octanol–water partition coefficient (Wildman–Crippen LogP) is 12.7. The molecule has 13 rings (SSSR count). The summed E-state index contributed by atoms with van der Waals surface area (Å²) < 4.78 is 4.94. The lowest BCUT2D eigenvalue weighted by atomic mass is 9.71. The number of carbonyl (C=O) groups excluding carboxylic acids is 5. The molecule has 0 radical (unpaired) electrons. The van der Waals surface area contributed by atoms with E-state index >= 15 is 0 Å². The third kappa shape index (κ3) is 27.3. The molecule has 5 fully saturated rings. The van der Waals surface area contributed by atoms with Crippen LogP contribution in [0.25, 0.3) is 33.9 Å². The van der Waals surface area contributed by atoms with Crippen LogP contribution in [-0.2, 0) is 47.6 Å². The normalized spacial score (nSPS) is 21.0. The van der Waals surface area contributed by atoms with Crippen LogP contribution in [0.5, 0.6) is 0 Å². The predicted molar refractivity (Wildman–Crippen MR) is 456 cm³/mol. The molecule has 2 aromatic carbocycles. The van der Waals surface area contributed by atoms with Gasteiger partial charge >= 0.3 is 5.97 Å². The summed E-state index contributed by atoms with van der Waals surface area (Å²) in [7, 11) is 7.87. The van der Waals surface area contributed by atoms with Crippen molar-refractivity contribution < 1.29 is 58.8 Å². The lowest BCUT2D eigenvalue weighted by molar-refractivity contribution is -0.858. The van der Waals surface area contributed by atoms with E-state index in [1.807, 2.05) is 119 Å². The fourth-order valence-electron chi connectivity index (χ4n) is 16.1. The average molecular weight is 1620 g/mol. The maximum Gasteiger partial charge on any atom is 0.310 e. The van der Waals surface area contributed by atoms with Crippen molar-refractivity contribution in [2.75, 3.05) is 93.9 Å². The van der Waals surface area contributed by atoms with E-state index in [1.165, 1.54) is 138 Å². The number of aliphatic hydroxyl groups excluding tert-OH is 2. The maximum absolute atomic E-state index is 13.5. The molecular formula is C92H130N10O11S2. The quantitative estimate of drug-likeness (QED) is 0.0328. The second-order valence-corrected chi connectivity index (χ2v) is 37.4. The number of aliphatic carboxylic acids is 2. The number of quaternary nitrogens is 1. The van der Waals surface area contributed by atoms with Gasteiger partial charge in [-0.3, -0.25) is 24.0 Å². The van der Waals surface area contributed by atoms with Gasteiger partial charge in [-0.05, 0) is 184 Å². The summed E-state index contributed by atoms with van der Waals surface area (Å²) in [4.78, 5) is 104. The third-order valence-electron chi connectivity index (χ3n) is 23.9. The Kier molecular flexibility index (Phi) is 34.9. The number of aromatic nitrogens is 4. The molecule has 23 heteroatoms. The number of amides is 4. The number of hydrogen-bond acceptors (Lipinski definition) is 17. The van der Waals surface area contributed by atoms with Gasteiger partial charge in [0.15, 0.2) is 11.6 Å². The molecule has 4 aromatic heterocycles. The number of rotatable bonds is 24. The Labute approximate surface area is 691 Å². The number of likely N-dealkylation sites (tertiary alicyclic amines) is 2. The van der Waals surface area contributed by atoms with Crippen LogP contribution in [0.4, 0.5) is 0 Å². The van der Waals surface area contributed by atoms with Gasteiger partial charge in [0.05, 0.1) is 43.0 Å². The fraction of sp³-hybridized carbons (Fsp3) is 0.587. The van der Waals surface area contributed by atoms with Crippen molar-refractivity contribution in [3.63, 3.8) is 0 Å².